The van der Waals surface area contributed by atoms with Gasteiger partial charge in [0.15, 0.2) is 0 Å². The molecule has 0 aliphatic carbocycles. The van der Waals surface area contributed by atoms with Gasteiger partial charge >= 0.3 is 0 Å². The van der Waals surface area contributed by atoms with Crippen molar-refractivity contribution < 1.29 is 9.53 Å². The zero-order valence-electron chi connectivity index (χ0n) is 10.0. The maximum absolute atomic E-state index is 11.0. The van der Waals surface area contributed by atoms with Crippen molar-refractivity contribution in [1.82, 2.24) is 10.6 Å². The summed E-state index contributed by atoms with van der Waals surface area (Å²) in [5.74, 6) is 1.03. The number of nitrogens with one attached hydrogen (secondary N) is 2. The number of carbonyl (C=O) groups excluding carboxylic acids is 1. The maximum atomic E-state index is 11.0. The minimum absolute atomic E-state index is 0.134. The van der Waals surface area contributed by atoms with Crippen LogP contribution in [-0.2, 0) is 11.3 Å². The molecule has 4 nitrogen and oxygen atoms in total. The number of hydrogen-bond donors (Lipinski definition) is 2. The molecule has 0 bridgehead atoms. The Kier molecular flexibility index (Phi) is 3.98. The van der Waals surface area contributed by atoms with Crippen LogP contribution >= 0.6 is 0 Å². The zero-order chi connectivity index (χ0) is 12.1. The van der Waals surface area contributed by atoms with E-state index in [0.29, 0.717) is 13.0 Å². The van der Waals surface area contributed by atoms with E-state index in [-0.39, 0.29) is 11.9 Å². The molecule has 1 amide bonds. The normalized spacial score (nSPS) is 19.1. The average Bonchev–Trinajstić information content (AvgIpc) is 2.75. The topological polar surface area (TPSA) is 50.4 Å². The standard InChI is InChI=1S/C13H18N2O2/c1-2-17-12-5-3-10(4-6-12)8-14-11-7-13(16)15-9-11/h3-6,11,14H,2,7-9H2,1H3,(H,15,16). The molecule has 0 radical (unpaired) electrons. The van der Waals surface area contributed by atoms with Gasteiger partial charge in [-0.25, -0.2) is 0 Å². The minimum atomic E-state index is 0.134. The summed E-state index contributed by atoms with van der Waals surface area (Å²) in [7, 11) is 0. The zero-order valence-corrected chi connectivity index (χ0v) is 10.0. The van der Waals surface area contributed by atoms with Gasteiger partial charge in [0.25, 0.3) is 0 Å². The van der Waals surface area contributed by atoms with Gasteiger partial charge in [0.2, 0.25) is 5.91 Å². The van der Waals surface area contributed by atoms with Gasteiger partial charge in [-0.2, -0.15) is 0 Å². The lowest BCUT2D eigenvalue weighted by Crippen LogP contribution is -2.30. The largest absolute Gasteiger partial charge is 0.494 e. The first kappa shape index (κ1) is 11.9. The third kappa shape index (κ3) is 3.46. The Morgan fingerprint density at radius 2 is 2.18 bits per heavy atom. The van der Waals surface area contributed by atoms with Gasteiger partial charge < -0.3 is 15.4 Å². The maximum Gasteiger partial charge on any atom is 0.221 e. The highest BCUT2D eigenvalue weighted by Gasteiger charge is 2.20. The number of carbonyl (C=O) groups is 1. The molecule has 0 saturated carbocycles. The molecule has 2 N–H and O–H groups in total. The van der Waals surface area contributed by atoms with Crippen LogP contribution in [0.25, 0.3) is 0 Å². The molecule has 2 rings (SSSR count). The van der Waals surface area contributed by atoms with Crippen LogP contribution in [0, 0.1) is 0 Å². The van der Waals surface area contributed by atoms with E-state index in [0.717, 1.165) is 18.8 Å². The Balaban J connectivity index is 1.80. The summed E-state index contributed by atoms with van der Waals surface area (Å²) in [6.45, 7) is 4.18. The summed E-state index contributed by atoms with van der Waals surface area (Å²) in [6.07, 6.45) is 0.580. The van der Waals surface area contributed by atoms with Crippen molar-refractivity contribution in [3.8, 4) is 5.75 Å². The lowest BCUT2D eigenvalue weighted by atomic mass is 10.2. The Morgan fingerprint density at radius 3 is 2.76 bits per heavy atom. The number of ether oxygens (including phenoxy) is 1. The van der Waals surface area contributed by atoms with Crippen molar-refractivity contribution in [2.24, 2.45) is 0 Å². The first-order valence-electron chi connectivity index (χ1n) is 5.99. The van der Waals surface area contributed by atoms with Gasteiger partial charge in [0.05, 0.1) is 6.61 Å². The fourth-order valence-corrected chi connectivity index (χ4v) is 1.88. The smallest absolute Gasteiger partial charge is 0.221 e. The van der Waals surface area contributed by atoms with Gasteiger partial charge in [0.1, 0.15) is 5.75 Å². The molecule has 1 aliphatic rings. The second-order valence-electron chi connectivity index (χ2n) is 4.16. The molecule has 1 aromatic rings. The first-order chi connectivity index (χ1) is 8.28. The molecule has 1 fully saturated rings. The SMILES string of the molecule is CCOc1ccc(CNC2CNC(=O)C2)cc1. The van der Waals surface area contributed by atoms with Gasteiger partial charge in [-0.3, -0.25) is 4.79 Å². The van der Waals surface area contributed by atoms with Crippen LogP contribution < -0.4 is 15.4 Å². The molecule has 0 aromatic heterocycles. The summed E-state index contributed by atoms with van der Waals surface area (Å²) >= 11 is 0. The van der Waals surface area contributed by atoms with Crippen molar-refractivity contribution >= 4 is 5.91 Å². The van der Waals surface area contributed by atoms with Gasteiger partial charge in [0, 0.05) is 25.6 Å². The second-order valence-corrected chi connectivity index (χ2v) is 4.16. The highest BCUT2D eigenvalue weighted by molar-refractivity contribution is 5.78. The van der Waals surface area contributed by atoms with Crippen LogP contribution in [0.4, 0.5) is 0 Å². The lowest BCUT2D eigenvalue weighted by Gasteiger charge is -2.10. The summed E-state index contributed by atoms with van der Waals surface area (Å²) in [6, 6.07) is 8.29. The highest BCUT2D eigenvalue weighted by atomic mass is 16.5. The fraction of sp³-hybridized carbons (Fsp3) is 0.462. The van der Waals surface area contributed by atoms with E-state index < -0.39 is 0 Å². The van der Waals surface area contributed by atoms with Crippen LogP contribution in [0.15, 0.2) is 24.3 Å². The van der Waals surface area contributed by atoms with Crippen molar-refractivity contribution in [3.05, 3.63) is 29.8 Å². The molecule has 0 spiro atoms. The number of benzene rings is 1. The molecule has 1 atom stereocenters. The summed E-state index contributed by atoms with van der Waals surface area (Å²) in [5.41, 5.74) is 1.20. The van der Waals surface area contributed by atoms with Crippen LogP contribution in [0.1, 0.15) is 18.9 Å². The number of hydrogen-bond acceptors (Lipinski definition) is 3. The molecule has 1 aromatic carbocycles. The lowest BCUT2D eigenvalue weighted by molar-refractivity contribution is -0.119. The quantitative estimate of drug-likeness (QED) is 0.801. The van der Waals surface area contributed by atoms with E-state index in [1.807, 2.05) is 31.2 Å². The Morgan fingerprint density at radius 1 is 1.41 bits per heavy atom. The highest BCUT2D eigenvalue weighted by Crippen LogP contribution is 2.12. The Hall–Kier alpha value is -1.55. The van der Waals surface area contributed by atoms with Gasteiger partial charge in [-0.15, -0.1) is 0 Å². The predicted molar refractivity (Wildman–Crippen MR) is 65.9 cm³/mol. The fourth-order valence-electron chi connectivity index (χ4n) is 1.88. The number of rotatable bonds is 5. The monoisotopic (exact) mass is 234 g/mol. The Labute approximate surface area is 101 Å². The third-order valence-corrected chi connectivity index (χ3v) is 2.81. The first-order valence-corrected chi connectivity index (χ1v) is 5.99. The van der Waals surface area contributed by atoms with E-state index in [4.69, 9.17) is 4.74 Å². The van der Waals surface area contributed by atoms with E-state index in [2.05, 4.69) is 10.6 Å². The Bertz CT molecular complexity index is 376. The van der Waals surface area contributed by atoms with E-state index >= 15 is 0 Å². The minimum Gasteiger partial charge on any atom is -0.494 e. The van der Waals surface area contributed by atoms with Gasteiger partial charge in [-0.1, -0.05) is 12.1 Å². The van der Waals surface area contributed by atoms with Crippen LogP contribution in [0.2, 0.25) is 0 Å². The summed E-state index contributed by atoms with van der Waals surface area (Å²) < 4.78 is 5.38. The van der Waals surface area contributed by atoms with Gasteiger partial charge in [-0.05, 0) is 24.6 Å². The van der Waals surface area contributed by atoms with E-state index in [1.54, 1.807) is 0 Å². The number of amides is 1. The molecule has 1 saturated heterocycles. The van der Waals surface area contributed by atoms with Crippen molar-refractivity contribution in [2.75, 3.05) is 13.2 Å². The van der Waals surface area contributed by atoms with E-state index in [9.17, 15) is 4.79 Å². The average molecular weight is 234 g/mol. The second kappa shape index (κ2) is 5.68. The van der Waals surface area contributed by atoms with Crippen LogP contribution in [-0.4, -0.2) is 25.1 Å². The molecule has 1 heterocycles. The van der Waals surface area contributed by atoms with Crippen molar-refractivity contribution in [1.29, 1.82) is 0 Å². The van der Waals surface area contributed by atoms with Crippen molar-refractivity contribution in [3.63, 3.8) is 0 Å². The van der Waals surface area contributed by atoms with Crippen molar-refractivity contribution in [2.45, 2.75) is 25.9 Å². The molecular weight excluding hydrogens is 216 g/mol. The van der Waals surface area contributed by atoms with E-state index in [1.165, 1.54) is 5.56 Å². The summed E-state index contributed by atoms with van der Waals surface area (Å²) in [5, 5.41) is 6.17. The molecular formula is C13H18N2O2. The molecule has 4 heteroatoms. The molecule has 17 heavy (non-hydrogen) atoms. The predicted octanol–water partition coefficient (Wildman–Crippen LogP) is 1.06. The summed E-state index contributed by atoms with van der Waals surface area (Å²) in [4.78, 5) is 11.0. The van der Waals surface area contributed by atoms with Crippen LogP contribution in [0.3, 0.4) is 0 Å². The molecule has 1 unspecified atom stereocenters. The molecule has 1 aliphatic heterocycles. The third-order valence-electron chi connectivity index (χ3n) is 2.81. The molecule has 92 valence electrons. The van der Waals surface area contributed by atoms with Crippen LogP contribution in [0.5, 0.6) is 5.75 Å².